The average Bonchev–Trinajstić information content (AvgIpc) is 3.16. The number of rotatable bonds is 5. The summed E-state index contributed by atoms with van der Waals surface area (Å²) in [4.78, 5) is 3.92. The molecular formula is C14H16ClN3O3. The van der Waals surface area contributed by atoms with Gasteiger partial charge in [-0.15, -0.1) is 0 Å². The van der Waals surface area contributed by atoms with Crippen LogP contribution in [0.4, 0.5) is 0 Å². The van der Waals surface area contributed by atoms with E-state index in [4.69, 9.17) is 21.1 Å². The number of benzene rings is 1. The zero-order valence-corrected chi connectivity index (χ0v) is 12.1. The van der Waals surface area contributed by atoms with Crippen LogP contribution in [0.15, 0.2) is 36.9 Å². The Balaban J connectivity index is 1.82. The van der Waals surface area contributed by atoms with Gasteiger partial charge in [-0.1, -0.05) is 23.7 Å². The Bertz CT molecular complexity index is 576. The standard InChI is InChI=1S/C14H16ClN3O3/c15-12-3-1-11(2-4-12)14(20-8-13(7-19)21-14)5-6-18-10-16-9-17-18/h1-4,9-10,13,19H,5-8H2. The third-order valence-corrected chi connectivity index (χ3v) is 3.74. The second-order valence-corrected chi connectivity index (χ2v) is 5.34. The first-order valence-electron chi connectivity index (χ1n) is 6.73. The van der Waals surface area contributed by atoms with Gasteiger partial charge in [-0.25, -0.2) is 4.98 Å². The van der Waals surface area contributed by atoms with Crippen molar-refractivity contribution in [3.8, 4) is 0 Å². The molecule has 3 rings (SSSR count). The Morgan fingerprint density at radius 3 is 2.81 bits per heavy atom. The van der Waals surface area contributed by atoms with Crippen LogP contribution in [0.1, 0.15) is 12.0 Å². The molecule has 1 saturated heterocycles. The molecule has 1 aliphatic rings. The van der Waals surface area contributed by atoms with E-state index < -0.39 is 5.79 Å². The SMILES string of the molecule is OCC1COC(CCn2cncn2)(c2ccc(Cl)cc2)O1. The van der Waals surface area contributed by atoms with Crippen molar-refractivity contribution in [2.75, 3.05) is 13.2 Å². The van der Waals surface area contributed by atoms with E-state index in [9.17, 15) is 5.11 Å². The minimum absolute atomic E-state index is 0.0708. The molecule has 1 aliphatic heterocycles. The molecule has 21 heavy (non-hydrogen) atoms. The lowest BCUT2D eigenvalue weighted by Gasteiger charge is -2.28. The first-order chi connectivity index (χ1) is 10.2. The molecule has 2 heterocycles. The quantitative estimate of drug-likeness (QED) is 0.908. The number of nitrogens with zero attached hydrogens (tertiary/aromatic N) is 3. The predicted octanol–water partition coefficient (Wildman–Crippen LogP) is 1.58. The van der Waals surface area contributed by atoms with E-state index in [1.807, 2.05) is 12.1 Å². The fraction of sp³-hybridized carbons (Fsp3) is 0.429. The lowest BCUT2D eigenvalue weighted by atomic mass is 10.0. The Hall–Kier alpha value is -1.47. The highest BCUT2D eigenvalue weighted by Crippen LogP contribution is 2.38. The van der Waals surface area contributed by atoms with Gasteiger partial charge in [-0.2, -0.15) is 5.10 Å². The van der Waals surface area contributed by atoms with Gasteiger partial charge >= 0.3 is 0 Å². The molecule has 1 N–H and O–H groups in total. The molecule has 0 bridgehead atoms. The number of ether oxygens (including phenoxy) is 2. The van der Waals surface area contributed by atoms with Crippen LogP contribution in [0.3, 0.4) is 0 Å². The van der Waals surface area contributed by atoms with Gasteiger partial charge in [-0.05, 0) is 12.1 Å². The number of aryl methyl sites for hydroxylation is 1. The molecular weight excluding hydrogens is 294 g/mol. The summed E-state index contributed by atoms with van der Waals surface area (Å²) in [6.45, 7) is 0.885. The minimum Gasteiger partial charge on any atom is -0.394 e. The topological polar surface area (TPSA) is 69.4 Å². The van der Waals surface area contributed by atoms with Crippen molar-refractivity contribution in [3.63, 3.8) is 0 Å². The largest absolute Gasteiger partial charge is 0.394 e. The molecule has 6 nitrogen and oxygen atoms in total. The molecule has 0 saturated carbocycles. The average molecular weight is 310 g/mol. The number of aliphatic hydroxyl groups excluding tert-OH is 1. The smallest absolute Gasteiger partial charge is 0.197 e. The van der Waals surface area contributed by atoms with E-state index in [2.05, 4.69) is 10.1 Å². The zero-order chi connectivity index (χ0) is 14.7. The molecule has 0 aliphatic carbocycles. The van der Waals surface area contributed by atoms with Crippen molar-refractivity contribution in [1.29, 1.82) is 0 Å². The second-order valence-electron chi connectivity index (χ2n) is 4.90. The Morgan fingerprint density at radius 2 is 2.19 bits per heavy atom. The van der Waals surface area contributed by atoms with E-state index in [-0.39, 0.29) is 12.7 Å². The maximum absolute atomic E-state index is 9.29. The molecule has 0 spiro atoms. The summed E-state index contributed by atoms with van der Waals surface area (Å²) >= 11 is 5.93. The van der Waals surface area contributed by atoms with Crippen LogP contribution < -0.4 is 0 Å². The molecule has 1 fully saturated rings. The van der Waals surface area contributed by atoms with Crippen LogP contribution in [-0.4, -0.2) is 39.2 Å². The van der Waals surface area contributed by atoms with Crippen LogP contribution in [-0.2, 0) is 21.8 Å². The van der Waals surface area contributed by atoms with Gasteiger partial charge in [0, 0.05) is 23.6 Å². The van der Waals surface area contributed by atoms with Gasteiger partial charge in [-0.3, -0.25) is 4.68 Å². The highest BCUT2D eigenvalue weighted by Gasteiger charge is 2.42. The molecule has 1 aromatic carbocycles. The highest BCUT2D eigenvalue weighted by molar-refractivity contribution is 6.30. The summed E-state index contributed by atoms with van der Waals surface area (Å²) < 4.78 is 13.5. The van der Waals surface area contributed by atoms with Gasteiger partial charge in [0.15, 0.2) is 5.79 Å². The van der Waals surface area contributed by atoms with Crippen molar-refractivity contribution >= 4 is 11.6 Å². The molecule has 112 valence electrons. The van der Waals surface area contributed by atoms with Gasteiger partial charge in [0.2, 0.25) is 0 Å². The van der Waals surface area contributed by atoms with Crippen molar-refractivity contribution in [2.24, 2.45) is 0 Å². The Kier molecular flexibility index (Phi) is 4.21. The van der Waals surface area contributed by atoms with Gasteiger partial charge < -0.3 is 14.6 Å². The summed E-state index contributed by atoms with van der Waals surface area (Å²) in [6, 6.07) is 7.35. The molecule has 7 heteroatoms. The van der Waals surface area contributed by atoms with Crippen LogP contribution in [0.25, 0.3) is 0 Å². The summed E-state index contributed by atoms with van der Waals surface area (Å²) in [5, 5.41) is 14.0. The van der Waals surface area contributed by atoms with Crippen molar-refractivity contribution in [3.05, 3.63) is 47.5 Å². The fourth-order valence-corrected chi connectivity index (χ4v) is 2.52. The zero-order valence-electron chi connectivity index (χ0n) is 11.4. The van der Waals surface area contributed by atoms with Gasteiger partial charge in [0.1, 0.15) is 18.8 Å². The molecule has 2 aromatic rings. The van der Waals surface area contributed by atoms with Crippen LogP contribution in [0.2, 0.25) is 5.02 Å². The molecule has 2 atom stereocenters. The maximum Gasteiger partial charge on any atom is 0.197 e. The van der Waals surface area contributed by atoms with Gasteiger partial charge in [0.05, 0.1) is 13.2 Å². The lowest BCUT2D eigenvalue weighted by Crippen LogP contribution is -2.30. The second kappa shape index (κ2) is 6.11. The van der Waals surface area contributed by atoms with Crippen molar-refractivity contribution in [1.82, 2.24) is 14.8 Å². The molecule has 2 unspecified atom stereocenters. The normalized spacial score (nSPS) is 25.3. The maximum atomic E-state index is 9.29. The summed E-state index contributed by atoms with van der Waals surface area (Å²) in [6.07, 6.45) is 3.38. The number of hydrogen-bond acceptors (Lipinski definition) is 5. The van der Waals surface area contributed by atoms with E-state index in [0.717, 1.165) is 5.56 Å². The molecule has 0 radical (unpaired) electrons. The predicted molar refractivity (Wildman–Crippen MR) is 75.7 cm³/mol. The number of aliphatic hydroxyl groups is 1. The van der Waals surface area contributed by atoms with Crippen LogP contribution in [0, 0.1) is 0 Å². The van der Waals surface area contributed by atoms with E-state index in [1.165, 1.54) is 6.33 Å². The summed E-state index contributed by atoms with van der Waals surface area (Å²) in [5.41, 5.74) is 0.878. The Labute approximate surface area is 127 Å². The van der Waals surface area contributed by atoms with Crippen molar-refractivity contribution < 1.29 is 14.6 Å². The highest BCUT2D eigenvalue weighted by atomic mass is 35.5. The molecule has 1 aromatic heterocycles. The third kappa shape index (κ3) is 3.08. The molecule has 0 amide bonds. The monoisotopic (exact) mass is 309 g/mol. The fourth-order valence-electron chi connectivity index (χ4n) is 2.40. The van der Waals surface area contributed by atoms with E-state index in [1.54, 1.807) is 23.1 Å². The van der Waals surface area contributed by atoms with Crippen LogP contribution in [0.5, 0.6) is 0 Å². The lowest BCUT2D eigenvalue weighted by molar-refractivity contribution is -0.187. The van der Waals surface area contributed by atoms with E-state index in [0.29, 0.717) is 24.6 Å². The van der Waals surface area contributed by atoms with Crippen LogP contribution >= 0.6 is 11.6 Å². The minimum atomic E-state index is -0.885. The van der Waals surface area contributed by atoms with Crippen molar-refractivity contribution in [2.45, 2.75) is 24.9 Å². The summed E-state index contributed by atoms with van der Waals surface area (Å²) in [7, 11) is 0. The van der Waals surface area contributed by atoms with E-state index >= 15 is 0 Å². The summed E-state index contributed by atoms with van der Waals surface area (Å²) in [5.74, 6) is -0.885. The first-order valence-corrected chi connectivity index (χ1v) is 7.11. The van der Waals surface area contributed by atoms with Gasteiger partial charge in [0.25, 0.3) is 0 Å². The Morgan fingerprint density at radius 1 is 1.38 bits per heavy atom. The first kappa shape index (κ1) is 14.5. The third-order valence-electron chi connectivity index (χ3n) is 3.48. The number of halogens is 1. The number of aromatic nitrogens is 3. The number of hydrogen-bond donors (Lipinski definition) is 1.